The molecule has 5 N–H and O–H groups in total. The number of aliphatic hydroxyl groups is 4. The Morgan fingerprint density at radius 1 is 1.02 bits per heavy atom. The van der Waals surface area contributed by atoms with Crippen LogP contribution in [0.15, 0.2) is 42.5 Å². The van der Waals surface area contributed by atoms with Gasteiger partial charge in [-0.05, 0) is 76.0 Å². The Morgan fingerprint density at radius 3 is 2.30 bits per heavy atom. The summed E-state index contributed by atoms with van der Waals surface area (Å²) < 4.78 is 12.1. The average molecular weight is 661 g/mol. The number of carbonyl (C=O) groups excluding carboxylic acids is 2. The Morgan fingerprint density at radius 2 is 1.67 bits per heavy atom. The van der Waals surface area contributed by atoms with Crippen LogP contribution in [0.5, 0.6) is 0 Å². The van der Waals surface area contributed by atoms with Gasteiger partial charge >= 0.3 is 0 Å². The van der Waals surface area contributed by atoms with Crippen LogP contribution in [0.4, 0.5) is 0 Å². The van der Waals surface area contributed by atoms with Gasteiger partial charge < -0.3 is 40.1 Å². The van der Waals surface area contributed by atoms with Gasteiger partial charge in [-0.2, -0.15) is 0 Å². The van der Waals surface area contributed by atoms with E-state index in [0.29, 0.717) is 36.4 Å². The first-order valence-electron chi connectivity index (χ1n) is 15.8. The van der Waals surface area contributed by atoms with Gasteiger partial charge in [0.05, 0.1) is 17.6 Å². The minimum absolute atomic E-state index is 0.0681. The first kappa shape index (κ1) is 36.4. The zero-order valence-electron chi connectivity index (χ0n) is 27.7. The number of amides is 1. The molecule has 2 aromatic carbocycles. The van der Waals surface area contributed by atoms with Crippen molar-refractivity contribution >= 4 is 23.3 Å². The molecule has 11 heteroatoms. The second-order valence-electron chi connectivity index (χ2n) is 14.2. The molecule has 254 valence electrons. The molecule has 2 fully saturated rings. The Labute approximate surface area is 276 Å². The summed E-state index contributed by atoms with van der Waals surface area (Å²) in [7, 11) is 3.88. The van der Waals surface area contributed by atoms with E-state index in [2.05, 4.69) is 5.32 Å². The molecule has 1 amide bonds. The summed E-state index contributed by atoms with van der Waals surface area (Å²) in [6.45, 7) is 7.58. The highest BCUT2D eigenvalue weighted by Gasteiger charge is 2.71. The SMILES string of the molecule is CN(C)CCNC(=O)C(C)(C)CC(=O)CCCc1ccc(Cc2cc([C@]34OC[C@](C(C)(C)O)(O3)[C@@H](O)[C@H](O)[C@H]4O)ccc2Cl)cc1. The molecule has 5 atom stereocenters. The predicted molar refractivity (Wildman–Crippen MR) is 174 cm³/mol. The molecule has 2 aliphatic heterocycles. The molecule has 2 aliphatic rings. The van der Waals surface area contributed by atoms with E-state index in [1.54, 1.807) is 32.0 Å². The van der Waals surface area contributed by atoms with Crippen molar-refractivity contribution < 1.29 is 39.5 Å². The lowest BCUT2D eigenvalue weighted by Crippen LogP contribution is -2.70. The largest absolute Gasteiger partial charge is 0.387 e. The average Bonchev–Trinajstić information content (AvgIpc) is 3.38. The Hall–Kier alpha value is -2.41. The first-order chi connectivity index (χ1) is 21.4. The fourth-order valence-electron chi connectivity index (χ4n) is 6.24. The number of aryl methyl sites for hydroxylation is 1. The van der Waals surface area contributed by atoms with Crippen molar-refractivity contribution in [1.82, 2.24) is 10.2 Å². The van der Waals surface area contributed by atoms with Crippen LogP contribution in [0, 0.1) is 5.41 Å². The van der Waals surface area contributed by atoms with Crippen LogP contribution in [-0.4, -0.2) is 100 Å². The second kappa shape index (κ2) is 14.0. The molecule has 46 heavy (non-hydrogen) atoms. The molecule has 0 aliphatic carbocycles. The van der Waals surface area contributed by atoms with Crippen LogP contribution >= 0.6 is 11.6 Å². The van der Waals surface area contributed by atoms with E-state index in [-0.39, 0.29) is 24.7 Å². The van der Waals surface area contributed by atoms with Crippen molar-refractivity contribution in [3.63, 3.8) is 0 Å². The van der Waals surface area contributed by atoms with E-state index in [9.17, 15) is 30.0 Å². The lowest BCUT2D eigenvalue weighted by Gasteiger charge is -2.50. The number of halogens is 1. The van der Waals surface area contributed by atoms with Crippen LogP contribution in [-0.2, 0) is 37.7 Å². The van der Waals surface area contributed by atoms with Crippen molar-refractivity contribution in [1.29, 1.82) is 0 Å². The number of ketones is 1. The summed E-state index contributed by atoms with van der Waals surface area (Å²) in [6.07, 6.45) is -2.33. The quantitative estimate of drug-likeness (QED) is 0.206. The van der Waals surface area contributed by atoms with Crippen molar-refractivity contribution in [2.75, 3.05) is 33.8 Å². The summed E-state index contributed by atoms with van der Waals surface area (Å²) in [6, 6.07) is 13.1. The number of carbonyl (C=O) groups is 2. The number of nitrogens with zero attached hydrogens (tertiary/aromatic N) is 1. The van der Waals surface area contributed by atoms with Gasteiger partial charge in [0.15, 0.2) is 5.60 Å². The van der Waals surface area contributed by atoms with Crippen LogP contribution in [0.2, 0.25) is 5.02 Å². The van der Waals surface area contributed by atoms with Gasteiger partial charge in [0, 0.05) is 36.5 Å². The number of rotatable bonds is 14. The maximum atomic E-state index is 12.7. The third-order valence-electron chi connectivity index (χ3n) is 9.27. The Balaban J connectivity index is 1.36. The molecule has 0 radical (unpaired) electrons. The zero-order chi connectivity index (χ0) is 34.1. The zero-order valence-corrected chi connectivity index (χ0v) is 28.4. The highest BCUT2D eigenvalue weighted by atomic mass is 35.5. The highest BCUT2D eigenvalue weighted by molar-refractivity contribution is 6.31. The van der Waals surface area contributed by atoms with Crippen LogP contribution in [0.1, 0.15) is 69.2 Å². The Bertz CT molecular complexity index is 1390. The van der Waals surface area contributed by atoms with Gasteiger partial charge in [-0.3, -0.25) is 9.59 Å². The number of fused-ring (bicyclic) bond motifs is 2. The van der Waals surface area contributed by atoms with E-state index >= 15 is 0 Å². The standard InChI is InChI=1S/C35H49ClN2O8/c1-32(2,31(43)37-16-17-38(5)6)20-26(39)9-7-8-22-10-12-23(13-11-22)18-24-19-25(14-15-27(24)36)35-30(42)28(40)29(41)34(46-35,21-45-35)33(3,4)44/h10-15,19,28-30,40-42,44H,7-9,16-18,20-21H2,1-6H3,(H,37,43)/t28-,29-,30+,34-,35-/m0/s1. The molecular formula is C35H49ClN2O8. The summed E-state index contributed by atoms with van der Waals surface area (Å²) in [4.78, 5) is 27.2. The number of nitrogens with one attached hydrogen (secondary N) is 1. The van der Waals surface area contributed by atoms with Gasteiger partial charge in [-0.1, -0.05) is 55.8 Å². The molecule has 0 saturated carbocycles. The van der Waals surface area contributed by atoms with Crippen LogP contribution in [0.3, 0.4) is 0 Å². The van der Waals surface area contributed by atoms with Crippen molar-refractivity contribution in [2.45, 2.75) is 95.1 Å². The smallest absolute Gasteiger partial charge is 0.226 e. The number of hydrogen-bond donors (Lipinski definition) is 5. The summed E-state index contributed by atoms with van der Waals surface area (Å²) in [5.74, 6) is -1.84. The number of hydrogen-bond acceptors (Lipinski definition) is 9. The van der Waals surface area contributed by atoms with Gasteiger partial charge in [0.1, 0.15) is 24.1 Å². The van der Waals surface area contributed by atoms with E-state index in [4.69, 9.17) is 21.1 Å². The van der Waals surface area contributed by atoms with E-state index in [0.717, 1.165) is 29.7 Å². The fraction of sp³-hybridized carbons (Fsp3) is 0.600. The lowest BCUT2D eigenvalue weighted by atomic mass is 9.75. The number of benzene rings is 2. The fourth-order valence-corrected chi connectivity index (χ4v) is 6.42. The van der Waals surface area contributed by atoms with Gasteiger partial charge in [-0.25, -0.2) is 0 Å². The van der Waals surface area contributed by atoms with E-state index < -0.39 is 40.7 Å². The molecule has 0 spiro atoms. The molecule has 10 nitrogen and oxygen atoms in total. The monoisotopic (exact) mass is 660 g/mol. The minimum atomic E-state index is -1.80. The molecule has 2 bridgehead atoms. The third-order valence-corrected chi connectivity index (χ3v) is 9.64. The molecule has 2 heterocycles. The van der Waals surface area contributed by atoms with Crippen LogP contribution < -0.4 is 5.32 Å². The maximum absolute atomic E-state index is 12.7. The minimum Gasteiger partial charge on any atom is -0.387 e. The van der Waals surface area contributed by atoms with E-state index in [1.807, 2.05) is 43.3 Å². The summed E-state index contributed by atoms with van der Waals surface area (Å²) >= 11 is 6.57. The molecule has 4 rings (SSSR count). The van der Waals surface area contributed by atoms with Crippen molar-refractivity contribution in [3.05, 3.63) is 69.7 Å². The number of ether oxygens (including phenoxy) is 2. The Kier molecular flexibility index (Phi) is 11.1. The van der Waals surface area contributed by atoms with Gasteiger partial charge in [0.2, 0.25) is 11.7 Å². The topological polar surface area (TPSA) is 149 Å². The number of Topliss-reactive ketones (excluding diaryl/α,β-unsaturated/α-hetero) is 1. The first-order valence-corrected chi connectivity index (χ1v) is 16.2. The molecule has 2 aromatic rings. The lowest BCUT2D eigenvalue weighted by molar-refractivity contribution is -0.348. The van der Waals surface area contributed by atoms with Gasteiger partial charge in [0.25, 0.3) is 0 Å². The number of aliphatic hydroxyl groups excluding tert-OH is 3. The highest BCUT2D eigenvalue weighted by Crippen LogP contribution is 2.53. The van der Waals surface area contributed by atoms with Crippen molar-refractivity contribution in [2.24, 2.45) is 5.41 Å². The second-order valence-corrected chi connectivity index (χ2v) is 14.6. The van der Waals surface area contributed by atoms with Crippen molar-refractivity contribution in [3.8, 4) is 0 Å². The van der Waals surface area contributed by atoms with Crippen LogP contribution in [0.25, 0.3) is 0 Å². The van der Waals surface area contributed by atoms with E-state index in [1.165, 1.54) is 13.8 Å². The predicted octanol–water partition coefficient (Wildman–Crippen LogP) is 2.72. The molecular weight excluding hydrogens is 612 g/mol. The molecule has 0 unspecified atom stereocenters. The normalized spacial score (nSPS) is 26.4. The molecule has 0 aromatic heterocycles. The summed E-state index contributed by atoms with van der Waals surface area (Å²) in [5, 5.41) is 46.8. The van der Waals surface area contributed by atoms with Gasteiger partial charge in [-0.15, -0.1) is 0 Å². The summed E-state index contributed by atoms with van der Waals surface area (Å²) in [5.41, 5.74) is -0.774. The maximum Gasteiger partial charge on any atom is 0.226 e. The molecule has 2 saturated heterocycles. The third kappa shape index (κ3) is 7.50. The number of likely N-dealkylation sites (N-methyl/N-ethyl adjacent to an activating group) is 1.